The number of hydrogen-bond donors (Lipinski definition) is 0. The number of carbonyl (C=O) groups is 1. The van der Waals surface area contributed by atoms with Crippen LogP contribution in [0.5, 0.6) is 0 Å². The lowest BCUT2D eigenvalue weighted by atomic mass is 10.1. The summed E-state index contributed by atoms with van der Waals surface area (Å²) >= 11 is 0. The van der Waals surface area contributed by atoms with Gasteiger partial charge in [-0.25, -0.2) is 8.42 Å². The molecule has 0 unspecified atom stereocenters. The molecule has 0 atom stereocenters. The van der Waals surface area contributed by atoms with Crippen molar-refractivity contribution in [3.63, 3.8) is 0 Å². The van der Waals surface area contributed by atoms with Gasteiger partial charge in [-0.2, -0.15) is 17.5 Å². The molecule has 6 nitrogen and oxygen atoms in total. The Bertz CT molecular complexity index is 992. The van der Waals surface area contributed by atoms with Gasteiger partial charge in [0.15, 0.2) is 0 Å². The van der Waals surface area contributed by atoms with E-state index in [1.54, 1.807) is 7.05 Å². The Hall–Kier alpha value is -2.33. The van der Waals surface area contributed by atoms with Crippen LogP contribution in [0.1, 0.15) is 34.5 Å². The van der Waals surface area contributed by atoms with Crippen molar-refractivity contribution in [2.45, 2.75) is 30.5 Å². The normalized spacial score (nSPS) is 15.6. The van der Waals surface area contributed by atoms with E-state index in [4.69, 9.17) is 0 Å². The average Bonchev–Trinajstić information content (AvgIpc) is 3.31. The molecule has 1 fully saturated rings. The zero-order valence-corrected chi connectivity index (χ0v) is 16.9. The minimum absolute atomic E-state index is 0.0631. The van der Waals surface area contributed by atoms with Crippen LogP contribution in [0.2, 0.25) is 0 Å². The fourth-order valence-corrected chi connectivity index (χ4v) is 4.89. The molecule has 10 heteroatoms. The number of hydrogen-bond acceptors (Lipinski definition) is 3. The average molecular weight is 429 g/mol. The number of aryl methyl sites for hydroxylation is 1. The number of sulfonamides is 1. The standard InChI is InChI=1S/C19H22F3N3O3S/c1-23-13-16(29(27,28)25-9-3-4-10-25)11-17(23)18(26)24(2)12-14-5-7-15(8-6-14)19(20,21)22/h5-8,11,13H,3-4,9-10,12H2,1-2H3. The maximum Gasteiger partial charge on any atom is 0.416 e. The van der Waals surface area contributed by atoms with Gasteiger partial charge in [0, 0.05) is 39.9 Å². The number of aromatic nitrogens is 1. The van der Waals surface area contributed by atoms with Crippen molar-refractivity contribution in [3.05, 3.63) is 53.3 Å². The highest BCUT2D eigenvalue weighted by molar-refractivity contribution is 7.89. The number of nitrogens with zero attached hydrogens (tertiary/aromatic N) is 3. The molecule has 0 spiro atoms. The van der Waals surface area contributed by atoms with E-state index in [0.29, 0.717) is 18.7 Å². The molecule has 1 aromatic heterocycles. The van der Waals surface area contributed by atoms with Gasteiger partial charge in [0.25, 0.3) is 5.91 Å². The smallest absolute Gasteiger partial charge is 0.345 e. The lowest BCUT2D eigenvalue weighted by Crippen LogP contribution is -2.28. The number of benzene rings is 1. The minimum Gasteiger partial charge on any atom is -0.345 e. The zero-order valence-electron chi connectivity index (χ0n) is 16.1. The van der Waals surface area contributed by atoms with Gasteiger partial charge in [-0.05, 0) is 36.6 Å². The van der Waals surface area contributed by atoms with Gasteiger partial charge in [0.1, 0.15) is 10.6 Å². The van der Waals surface area contributed by atoms with Crippen molar-refractivity contribution >= 4 is 15.9 Å². The van der Waals surface area contributed by atoms with Crippen LogP contribution >= 0.6 is 0 Å². The molecule has 1 aromatic carbocycles. The van der Waals surface area contributed by atoms with Crippen LogP contribution in [-0.2, 0) is 29.8 Å². The van der Waals surface area contributed by atoms with Crippen molar-refractivity contribution in [1.29, 1.82) is 0 Å². The Morgan fingerprint density at radius 2 is 1.72 bits per heavy atom. The SMILES string of the molecule is CN(Cc1ccc(C(F)(F)F)cc1)C(=O)c1cc(S(=O)(=O)N2CCCC2)cn1C. The van der Waals surface area contributed by atoms with Crippen LogP contribution in [-0.4, -0.2) is 48.2 Å². The van der Waals surface area contributed by atoms with Crippen LogP contribution in [0.15, 0.2) is 41.4 Å². The molecule has 0 radical (unpaired) electrons. The van der Waals surface area contributed by atoms with E-state index in [9.17, 15) is 26.4 Å². The van der Waals surface area contributed by atoms with Gasteiger partial charge in [0.2, 0.25) is 10.0 Å². The summed E-state index contributed by atoms with van der Waals surface area (Å²) in [5, 5.41) is 0. The van der Waals surface area contributed by atoms with Crippen LogP contribution < -0.4 is 0 Å². The number of carbonyl (C=O) groups excluding carboxylic acids is 1. The lowest BCUT2D eigenvalue weighted by molar-refractivity contribution is -0.137. The second kappa shape index (κ2) is 7.83. The molecule has 0 saturated carbocycles. The van der Waals surface area contributed by atoms with Crippen LogP contribution in [0.25, 0.3) is 0 Å². The van der Waals surface area contributed by atoms with Gasteiger partial charge in [-0.1, -0.05) is 12.1 Å². The maximum absolute atomic E-state index is 12.8. The van der Waals surface area contributed by atoms with E-state index in [2.05, 4.69) is 0 Å². The molecule has 3 rings (SSSR count). The highest BCUT2D eigenvalue weighted by Gasteiger charge is 2.31. The third-order valence-corrected chi connectivity index (χ3v) is 6.81. The summed E-state index contributed by atoms with van der Waals surface area (Å²) in [4.78, 5) is 14.2. The summed E-state index contributed by atoms with van der Waals surface area (Å²) in [6.07, 6.45) is -1.38. The van der Waals surface area contributed by atoms with E-state index >= 15 is 0 Å². The van der Waals surface area contributed by atoms with Crippen LogP contribution in [0.4, 0.5) is 13.2 Å². The zero-order chi connectivity index (χ0) is 21.4. The number of halogens is 3. The van der Waals surface area contributed by atoms with Crippen molar-refractivity contribution in [1.82, 2.24) is 13.8 Å². The first-order valence-electron chi connectivity index (χ1n) is 9.08. The minimum atomic E-state index is -4.42. The van der Waals surface area contributed by atoms with E-state index in [0.717, 1.165) is 25.0 Å². The molecule has 1 saturated heterocycles. The molecule has 0 N–H and O–H groups in total. The fraction of sp³-hybridized carbons (Fsp3) is 0.421. The van der Waals surface area contributed by atoms with Crippen molar-refractivity contribution in [3.8, 4) is 0 Å². The molecule has 2 aromatic rings. The molecule has 1 aliphatic rings. The summed E-state index contributed by atoms with van der Waals surface area (Å²) in [5.41, 5.74) is -0.0282. The summed E-state index contributed by atoms with van der Waals surface area (Å²) in [6.45, 7) is 1.03. The molecule has 1 aliphatic heterocycles. The van der Waals surface area contributed by atoms with E-state index in [-0.39, 0.29) is 17.1 Å². The third-order valence-electron chi connectivity index (χ3n) is 4.95. The van der Waals surface area contributed by atoms with Gasteiger partial charge >= 0.3 is 6.18 Å². The highest BCUT2D eigenvalue weighted by Crippen LogP contribution is 2.29. The number of rotatable bonds is 5. The van der Waals surface area contributed by atoms with Crippen molar-refractivity contribution < 1.29 is 26.4 Å². The molecule has 0 bridgehead atoms. The first-order valence-corrected chi connectivity index (χ1v) is 10.5. The van der Waals surface area contributed by atoms with E-state index in [1.807, 2.05) is 0 Å². The highest BCUT2D eigenvalue weighted by atomic mass is 32.2. The monoisotopic (exact) mass is 429 g/mol. The lowest BCUT2D eigenvalue weighted by Gasteiger charge is -2.18. The molecule has 29 heavy (non-hydrogen) atoms. The van der Waals surface area contributed by atoms with E-state index in [1.165, 1.54) is 45.2 Å². The first-order chi connectivity index (χ1) is 13.5. The molecule has 2 heterocycles. The van der Waals surface area contributed by atoms with E-state index < -0.39 is 27.7 Å². The van der Waals surface area contributed by atoms with Crippen molar-refractivity contribution in [2.75, 3.05) is 20.1 Å². The second-order valence-corrected chi connectivity index (χ2v) is 9.08. The predicted octanol–water partition coefficient (Wildman–Crippen LogP) is 3.10. The summed E-state index contributed by atoms with van der Waals surface area (Å²) in [5.74, 6) is -0.421. The molecular weight excluding hydrogens is 407 g/mol. The fourth-order valence-electron chi connectivity index (χ4n) is 3.31. The Kier molecular flexibility index (Phi) is 5.77. The quantitative estimate of drug-likeness (QED) is 0.734. The predicted molar refractivity (Wildman–Crippen MR) is 101 cm³/mol. The largest absolute Gasteiger partial charge is 0.416 e. The topological polar surface area (TPSA) is 62.6 Å². The second-order valence-electron chi connectivity index (χ2n) is 7.14. The molecular formula is C19H22F3N3O3S. The Labute approximate surface area is 167 Å². The van der Waals surface area contributed by atoms with Crippen LogP contribution in [0.3, 0.4) is 0 Å². The van der Waals surface area contributed by atoms with Crippen molar-refractivity contribution in [2.24, 2.45) is 7.05 Å². The summed E-state index contributed by atoms with van der Waals surface area (Å²) < 4.78 is 66.2. The van der Waals surface area contributed by atoms with Gasteiger partial charge < -0.3 is 9.47 Å². The molecule has 158 valence electrons. The summed E-state index contributed by atoms with van der Waals surface area (Å²) in [7, 11) is -0.541. The third kappa shape index (κ3) is 4.48. The van der Waals surface area contributed by atoms with Gasteiger partial charge in [-0.3, -0.25) is 4.79 Å². The summed E-state index contributed by atoms with van der Waals surface area (Å²) in [6, 6.07) is 5.93. The maximum atomic E-state index is 12.8. The molecule has 0 aliphatic carbocycles. The number of amides is 1. The number of alkyl halides is 3. The van der Waals surface area contributed by atoms with Gasteiger partial charge in [-0.15, -0.1) is 0 Å². The Balaban J connectivity index is 1.75. The Morgan fingerprint density at radius 1 is 1.14 bits per heavy atom. The van der Waals surface area contributed by atoms with Crippen LogP contribution in [0, 0.1) is 0 Å². The Morgan fingerprint density at radius 3 is 2.28 bits per heavy atom. The first kappa shape index (κ1) is 21.4. The molecule has 1 amide bonds. The van der Waals surface area contributed by atoms with Gasteiger partial charge in [0.05, 0.1) is 5.56 Å².